The Hall–Kier alpha value is -0.610. The Morgan fingerprint density at radius 2 is 1.86 bits per heavy atom. The van der Waals surface area contributed by atoms with E-state index in [0.29, 0.717) is 5.41 Å². The Bertz CT molecular complexity index is 355. The fraction of sp³-hybridized carbons (Fsp3) is 0.941. The maximum absolute atomic E-state index is 12.4. The van der Waals surface area contributed by atoms with Gasteiger partial charge in [0.2, 0.25) is 0 Å². The Morgan fingerprint density at radius 3 is 2.43 bits per heavy atom. The van der Waals surface area contributed by atoms with Gasteiger partial charge in [-0.15, -0.1) is 0 Å². The monoisotopic (exact) mass is 295 g/mol. The number of nitrogens with one attached hydrogen (secondary N) is 1. The maximum atomic E-state index is 12.4. The van der Waals surface area contributed by atoms with Gasteiger partial charge in [-0.3, -0.25) is 10.1 Å². The molecule has 3 aliphatic rings. The lowest BCUT2D eigenvalue weighted by Gasteiger charge is -2.44. The second-order valence-electron chi connectivity index (χ2n) is 7.30. The molecule has 1 saturated heterocycles. The molecule has 0 bridgehead atoms. The van der Waals surface area contributed by atoms with Gasteiger partial charge < -0.3 is 9.47 Å². The molecule has 1 heterocycles. The van der Waals surface area contributed by atoms with Gasteiger partial charge >= 0.3 is 5.97 Å². The molecule has 0 aromatic heterocycles. The standard InChI is InChI=1S/C17H29NO3/c1-20-15(19)17(18-13-14-5-4-12-21-14)10-8-16(9-11-17)6-2-3-7-16/h14,18H,2-13H2,1H3. The fourth-order valence-corrected chi connectivity index (χ4v) is 4.60. The van der Waals surface area contributed by atoms with Crippen molar-refractivity contribution >= 4 is 5.97 Å². The summed E-state index contributed by atoms with van der Waals surface area (Å²) in [5, 5.41) is 3.53. The largest absolute Gasteiger partial charge is 0.468 e. The molecule has 2 saturated carbocycles. The number of carbonyl (C=O) groups is 1. The number of hydrogen-bond donors (Lipinski definition) is 1. The van der Waals surface area contributed by atoms with Crippen molar-refractivity contribution in [1.82, 2.24) is 5.32 Å². The summed E-state index contributed by atoms with van der Waals surface area (Å²) in [7, 11) is 1.51. The van der Waals surface area contributed by atoms with Crippen LogP contribution in [0.2, 0.25) is 0 Å². The minimum absolute atomic E-state index is 0.0756. The molecule has 1 aliphatic heterocycles. The topological polar surface area (TPSA) is 47.6 Å². The van der Waals surface area contributed by atoms with Crippen LogP contribution >= 0.6 is 0 Å². The maximum Gasteiger partial charge on any atom is 0.326 e. The van der Waals surface area contributed by atoms with E-state index >= 15 is 0 Å². The van der Waals surface area contributed by atoms with Gasteiger partial charge in [-0.1, -0.05) is 12.8 Å². The van der Waals surface area contributed by atoms with Gasteiger partial charge in [-0.2, -0.15) is 0 Å². The summed E-state index contributed by atoms with van der Waals surface area (Å²) in [4.78, 5) is 12.4. The Labute approximate surface area is 127 Å². The average Bonchev–Trinajstić information content (AvgIpc) is 3.19. The Balaban J connectivity index is 1.62. The lowest BCUT2D eigenvalue weighted by atomic mass is 9.66. The van der Waals surface area contributed by atoms with Gasteiger partial charge in [0, 0.05) is 13.2 Å². The molecule has 0 aromatic rings. The highest BCUT2D eigenvalue weighted by Crippen LogP contribution is 2.51. The molecule has 1 atom stereocenters. The SMILES string of the molecule is COC(=O)C1(NCC2CCCO2)CCC2(CCCC2)CC1. The van der Waals surface area contributed by atoms with Crippen LogP contribution in [-0.4, -0.2) is 37.9 Å². The molecule has 120 valence electrons. The zero-order chi connectivity index (χ0) is 14.8. The van der Waals surface area contributed by atoms with Gasteiger partial charge in [-0.25, -0.2) is 0 Å². The van der Waals surface area contributed by atoms with Crippen LogP contribution in [0.15, 0.2) is 0 Å². The van der Waals surface area contributed by atoms with Crippen LogP contribution in [0.5, 0.6) is 0 Å². The number of hydrogen-bond acceptors (Lipinski definition) is 4. The summed E-state index contributed by atoms with van der Waals surface area (Å²) in [6.45, 7) is 1.64. The molecule has 4 nitrogen and oxygen atoms in total. The summed E-state index contributed by atoms with van der Waals surface area (Å²) in [5.41, 5.74) is 0.0671. The van der Waals surface area contributed by atoms with E-state index in [-0.39, 0.29) is 12.1 Å². The van der Waals surface area contributed by atoms with Crippen LogP contribution in [0.3, 0.4) is 0 Å². The van der Waals surface area contributed by atoms with Crippen molar-refractivity contribution in [3.63, 3.8) is 0 Å². The van der Waals surface area contributed by atoms with Crippen molar-refractivity contribution in [3.8, 4) is 0 Å². The van der Waals surface area contributed by atoms with E-state index in [9.17, 15) is 4.79 Å². The van der Waals surface area contributed by atoms with Crippen molar-refractivity contribution in [2.24, 2.45) is 5.41 Å². The normalized spacial score (nSPS) is 30.6. The third kappa shape index (κ3) is 3.11. The van der Waals surface area contributed by atoms with E-state index in [1.54, 1.807) is 0 Å². The summed E-state index contributed by atoms with van der Waals surface area (Å²) < 4.78 is 10.8. The van der Waals surface area contributed by atoms with Crippen LogP contribution in [-0.2, 0) is 14.3 Å². The third-order valence-corrected chi connectivity index (χ3v) is 6.10. The van der Waals surface area contributed by atoms with Gasteiger partial charge in [0.05, 0.1) is 13.2 Å². The summed E-state index contributed by atoms with van der Waals surface area (Å²) in [6.07, 6.45) is 12.2. The number of rotatable bonds is 4. The van der Waals surface area contributed by atoms with Gasteiger partial charge in [0.25, 0.3) is 0 Å². The fourth-order valence-electron chi connectivity index (χ4n) is 4.60. The predicted molar refractivity (Wildman–Crippen MR) is 81.1 cm³/mol. The van der Waals surface area contributed by atoms with Crippen LogP contribution in [0.1, 0.15) is 64.2 Å². The molecule has 3 fully saturated rings. The summed E-state index contributed by atoms with van der Waals surface area (Å²) in [5.74, 6) is -0.0756. The summed E-state index contributed by atoms with van der Waals surface area (Å²) in [6, 6.07) is 0. The molecule has 4 heteroatoms. The molecule has 2 aliphatic carbocycles. The first-order valence-electron chi connectivity index (χ1n) is 8.63. The lowest BCUT2D eigenvalue weighted by molar-refractivity contribution is -0.151. The third-order valence-electron chi connectivity index (χ3n) is 6.10. The van der Waals surface area contributed by atoms with E-state index in [4.69, 9.17) is 9.47 Å². The molecule has 1 N–H and O–H groups in total. The smallest absolute Gasteiger partial charge is 0.326 e. The minimum atomic E-state index is -0.464. The van der Waals surface area contributed by atoms with Crippen molar-refractivity contribution in [2.75, 3.05) is 20.3 Å². The zero-order valence-electron chi connectivity index (χ0n) is 13.3. The molecule has 0 aromatic carbocycles. The molecular formula is C17H29NO3. The van der Waals surface area contributed by atoms with Crippen LogP contribution < -0.4 is 5.32 Å². The van der Waals surface area contributed by atoms with Crippen LogP contribution in [0.4, 0.5) is 0 Å². The second kappa shape index (κ2) is 6.25. The first kappa shape index (κ1) is 15.3. The Kier molecular flexibility index (Phi) is 4.55. The highest BCUT2D eigenvalue weighted by molar-refractivity contribution is 5.81. The average molecular weight is 295 g/mol. The highest BCUT2D eigenvalue weighted by atomic mass is 16.5. The van der Waals surface area contributed by atoms with Gasteiger partial charge in [0.15, 0.2) is 0 Å². The van der Waals surface area contributed by atoms with E-state index in [0.717, 1.165) is 38.8 Å². The van der Waals surface area contributed by atoms with Crippen LogP contribution in [0.25, 0.3) is 0 Å². The van der Waals surface area contributed by atoms with Crippen molar-refractivity contribution in [2.45, 2.75) is 75.9 Å². The molecule has 1 spiro atoms. The van der Waals surface area contributed by atoms with Crippen molar-refractivity contribution in [1.29, 1.82) is 0 Å². The molecule has 3 rings (SSSR count). The van der Waals surface area contributed by atoms with E-state index in [2.05, 4.69) is 5.32 Å². The number of carbonyl (C=O) groups excluding carboxylic acids is 1. The summed E-state index contributed by atoms with van der Waals surface area (Å²) >= 11 is 0. The quantitative estimate of drug-likeness (QED) is 0.810. The zero-order valence-corrected chi connectivity index (χ0v) is 13.3. The van der Waals surface area contributed by atoms with Crippen LogP contribution in [0, 0.1) is 5.41 Å². The molecule has 0 radical (unpaired) electrons. The first-order valence-corrected chi connectivity index (χ1v) is 8.63. The number of ether oxygens (including phenoxy) is 2. The molecule has 1 unspecified atom stereocenters. The van der Waals surface area contributed by atoms with Crippen molar-refractivity contribution < 1.29 is 14.3 Å². The van der Waals surface area contributed by atoms with Gasteiger partial charge in [0.1, 0.15) is 5.54 Å². The number of esters is 1. The first-order chi connectivity index (χ1) is 10.2. The highest BCUT2D eigenvalue weighted by Gasteiger charge is 2.48. The predicted octanol–water partition coefficient (Wildman–Crippen LogP) is 2.80. The van der Waals surface area contributed by atoms with E-state index in [1.807, 2.05) is 0 Å². The Morgan fingerprint density at radius 1 is 1.14 bits per heavy atom. The molecule has 21 heavy (non-hydrogen) atoms. The molecular weight excluding hydrogens is 266 g/mol. The van der Waals surface area contributed by atoms with Crippen molar-refractivity contribution in [3.05, 3.63) is 0 Å². The molecule has 0 amide bonds. The van der Waals surface area contributed by atoms with E-state index in [1.165, 1.54) is 45.6 Å². The number of methoxy groups -OCH3 is 1. The van der Waals surface area contributed by atoms with E-state index < -0.39 is 5.54 Å². The second-order valence-corrected chi connectivity index (χ2v) is 7.30. The lowest BCUT2D eigenvalue weighted by Crippen LogP contribution is -2.57. The van der Waals surface area contributed by atoms with Gasteiger partial charge in [-0.05, 0) is 56.8 Å². The minimum Gasteiger partial charge on any atom is -0.468 e.